The zero-order valence-corrected chi connectivity index (χ0v) is 18.3. The zero-order chi connectivity index (χ0) is 21.4. The minimum Gasteiger partial charge on any atom is -0.493 e. The second-order valence-electron chi connectivity index (χ2n) is 7.61. The molecule has 0 aliphatic carbocycles. The third-order valence-electron chi connectivity index (χ3n) is 5.68. The Kier molecular flexibility index (Phi) is 5.11. The molecule has 0 N–H and O–H groups in total. The fraction of sp³-hybridized carbons (Fsp3) is 0.250. The molecule has 2 aromatic heterocycles. The number of amides is 1. The first-order chi connectivity index (χ1) is 15.1. The summed E-state index contributed by atoms with van der Waals surface area (Å²) in [5.74, 6) is 1.44. The minimum atomic E-state index is 0.0219. The summed E-state index contributed by atoms with van der Waals surface area (Å²) in [6.45, 7) is 3.59. The summed E-state index contributed by atoms with van der Waals surface area (Å²) < 4.78 is 14.7. The highest BCUT2D eigenvalue weighted by Crippen LogP contribution is 2.41. The van der Waals surface area contributed by atoms with E-state index in [1.807, 2.05) is 24.0 Å². The van der Waals surface area contributed by atoms with Crippen molar-refractivity contribution in [3.05, 3.63) is 65.3 Å². The number of nitrogens with zero attached hydrogens (tertiary/aromatic N) is 3. The van der Waals surface area contributed by atoms with Crippen LogP contribution in [0.3, 0.4) is 0 Å². The molecule has 2 aromatic carbocycles. The first-order valence-electron chi connectivity index (χ1n) is 10.2. The molecule has 158 valence electrons. The van der Waals surface area contributed by atoms with Crippen molar-refractivity contribution >= 4 is 27.3 Å². The van der Waals surface area contributed by atoms with Gasteiger partial charge in [-0.2, -0.15) is 5.10 Å². The Morgan fingerprint density at radius 1 is 1.26 bits per heavy atom. The number of hydrogen-bond donors (Lipinski definition) is 0. The second kappa shape index (κ2) is 8.07. The van der Waals surface area contributed by atoms with E-state index in [-0.39, 0.29) is 12.5 Å². The lowest BCUT2D eigenvalue weighted by Gasteiger charge is -2.20. The fourth-order valence-corrected chi connectivity index (χ4v) is 4.97. The number of fused-ring (bicyclic) bond motifs is 2. The van der Waals surface area contributed by atoms with Gasteiger partial charge in [-0.1, -0.05) is 18.2 Å². The van der Waals surface area contributed by atoms with Crippen molar-refractivity contribution in [3.8, 4) is 22.6 Å². The van der Waals surface area contributed by atoms with E-state index in [0.717, 1.165) is 28.1 Å². The van der Waals surface area contributed by atoms with Crippen molar-refractivity contribution in [2.24, 2.45) is 0 Å². The molecule has 0 fully saturated rings. The number of ether oxygens (including phenoxy) is 2. The average molecular weight is 434 g/mol. The zero-order valence-electron chi connectivity index (χ0n) is 17.5. The van der Waals surface area contributed by atoms with E-state index in [0.29, 0.717) is 25.4 Å². The van der Waals surface area contributed by atoms with Gasteiger partial charge in [0.1, 0.15) is 13.2 Å². The molecule has 4 aromatic rings. The predicted octanol–water partition coefficient (Wildman–Crippen LogP) is 4.50. The summed E-state index contributed by atoms with van der Waals surface area (Å²) in [4.78, 5) is 14.8. The van der Waals surface area contributed by atoms with Gasteiger partial charge in [-0.15, -0.1) is 11.3 Å². The van der Waals surface area contributed by atoms with Gasteiger partial charge in [-0.25, -0.2) is 0 Å². The van der Waals surface area contributed by atoms with Crippen LogP contribution in [0.1, 0.15) is 11.3 Å². The van der Waals surface area contributed by atoms with Gasteiger partial charge in [0, 0.05) is 39.6 Å². The van der Waals surface area contributed by atoms with Gasteiger partial charge in [0.15, 0.2) is 11.5 Å². The number of hydrogen-bond acceptors (Lipinski definition) is 5. The molecule has 0 unspecified atom stereocenters. The molecule has 6 nitrogen and oxygen atoms in total. The van der Waals surface area contributed by atoms with Gasteiger partial charge in [0.25, 0.3) is 0 Å². The monoisotopic (exact) mass is 433 g/mol. The Morgan fingerprint density at radius 2 is 2.13 bits per heavy atom. The number of methoxy groups -OCH3 is 1. The molecule has 1 aliphatic rings. The first-order valence-corrected chi connectivity index (χ1v) is 11.1. The highest BCUT2D eigenvalue weighted by Gasteiger charge is 2.24. The Labute approximate surface area is 184 Å². The van der Waals surface area contributed by atoms with Crippen LogP contribution in [-0.2, 0) is 17.9 Å². The Bertz CT molecular complexity index is 1260. The smallest absolute Gasteiger partial charge is 0.244 e. The molecule has 0 atom stereocenters. The maximum Gasteiger partial charge on any atom is 0.244 e. The van der Waals surface area contributed by atoms with E-state index < -0.39 is 0 Å². The molecule has 0 radical (unpaired) electrons. The van der Waals surface area contributed by atoms with E-state index >= 15 is 0 Å². The predicted molar refractivity (Wildman–Crippen MR) is 122 cm³/mol. The number of carbonyl (C=O) groups excluding carboxylic acids is 1. The van der Waals surface area contributed by atoms with Crippen molar-refractivity contribution in [2.75, 3.05) is 20.3 Å². The van der Waals surface area contributed by atoms with Crippen LogP contribution in [0.5, 0.6) is 11.5 Å². The van der Waals surface area contributed by atoms with Crippen LogP contribution < -0.4 is 9.47 Å². The van der Waals surface area contributed by atoms with Gasteiger partial charge in [0.05, 0.1) is 13.7 Å². The molecule has 0 saturated heterocycles. The lowest BCUT2D eigenvalue weighted by atomic mass is 10.0. The standard InChI is InChI=1S/C24H23N3O3S/c1-16-7-8-25-27(16)14-23(28)26-9-10-30-24-18(13-26)11-17(12-21(24)29-2)20-15-31-22-6-4-3-5-19(20)22/h3-8,11-12,15H,9-10,13-14H2,1-2H3. The molecule has 0 bridgehead atoms. The maximum absolute atomic E-state index is 13.0. The molecule has 3 heterocycles. The van der Waals surface area contributed by atoms with Gasteiger partial charge in [-0.3, -0.25) is 9.48 Å². The van der Waals surface area contributed by atoms with E-state index in [9.17, 15) is 4.79 Å². The number of rotatable bonds is 4. The quantitative estimate of drug-likeness (QED) is 0.475. The van der Waals surface area contributed by atoms with E-state index in [4.69, 9.17) is 9.47 Å². The molecule has 7 heteroatoms. The highest BCUT2D eigenvalue weighted by atomic mass is 32.1. The first kappa shape index (κ1) is 19.6. The molecule has 5 rings (SSSR count). The number of aromatic nitrogens is 2. The Hall–Kier alpha value is -3.32. The van der Waals surface area contributed by atoms with E-state index in [1.54, 1.807) is 29.3 Å². The molecule has 1 aliphatic heterocycles. The van der Waals surface area contributed by atoms with Gasteiger partial charge < -0.3 is 14.4 Å². The lowest BCUT2D eigenvalue weighted by Crippen LogP contribution is -2.35. The van der Waals surface area contributed by atoms with Gasteiger partial charge in [0.2, 0.25) is 5.91 Å². The third kappa shape index (κ3) is 3.65. The summed E-state index contributed by atoms with van der Waals surface area (Å²) >= 11 is 1.73. The topological polar surface area (TPSA) is 56.6 Å². The molecular weight excluding hydrogens is 410 g/mol. The molecule has 31 heavy (non-hydrogen) atoms. The number of benzene rings is 2. The summed E-state index contributed by atoms with van der Waals surface area (Å²) in [7, 11) is 1.66. The van der Waals surface area contributed by atoms with E-state index in [2.05, 4.69) is 40.8 Å². The summed E-state index contributed by atoms with van der Waals surface area (Å²) in [6, 6.07) is 14.4. The lowest BCUT2D eigenvalue weighted by molar-refractivity contribution is -0.132. The summed E-state index contributed by atoms with van der Waals surface area (Å²) in [5, 5.41) is 7.63. The van der Waals surface area contributed by atoms with Crippen LogP contribution in [0.2, 0.25) is 0 Å². The van der Waals surface area contributed by atoms with Gasteiger partial charge >= 0.3 is 0 Å². The van der Waals surface area contributed by atoms with E-state index in [1.165, 1.54) is 10.1 Å². The molecule has 0 spiro atoms. The maximum atomic E-state index is 13.0. The summed E-state index contributed by atoms with van der Waals surface area (Å²) in [5.41, 5.74) is 4.14. The second-order valence-corrected chi connectivity index (χ2v) is 8.52. The van der Waals surface area contributed by atoms with Crippen LogP contribution in [-0.4, -0.2) is 40.8 Å². The molecule has 0 saturated carbocycles. The minimum absolute atomic E-state index is 0.0219. The SMILES string of the molecule is COc1cc(-c2csc3ccccc23)cc2c1OCCN(C(=O)Cn1nccc1C)C2. The summed E-state index contributed by atoms with van der Waals surface area (Å²) in [6.07, 6.45) is 1.71. The van der Waals surface area contributed by atoms with Crippen LogP contribution in [0.25, 0.3) is 21.2 Å². The van der Waals surface area contributed by atoms with Crippen molar-refractivity contribution in [1.29, 1.82) is 0 Å². The van der Waals surface area contributed by atoms with Crippen molar-refractivity contribution in [3.63, 3.8) is 0 Å². The van der Waals surface area contributed by atoms with Crippen molar-refractivity contribution < 1.29 is 14.3 Å². The normalized spacial score (nSPS) is 13.5. The highest BCUT2D eigenvalue weighted by molar-refractivity contribution is 7.17. The Morgan fingerprint density at radius 3 is 2.94 bits per heavy atom. The van der Waals surface area contributed by atoms with Gasteiger partial charge in [-0.05, 0) is 42.1 Å². The van der Waals surface area contributed by atoms with Crippen molar-refractivity contribution in [2.45, 2.75) is 20.0 Å². The van der Waals surface area contributed by atoms with Crippen LogP contribution in [0.4, 0.5) is 0 Å². The third-order valence-corrected chi connectivity index (χ3v) is 6.64. The molecular formula is C24H23N3O3S. The Balaban J connectivity index is 1.50. The van der Waals surface area contributed by atoms with Crippen molar-refractivity contribution in [1.82, 2.24) is 14.7 Å². The molecule has 1 amide bonds. The average Bonchev–Trinajstić information content (AvgIpc) is 3.32. The van der Waals surface area contributed by atoms with Crippen LogP contribution in [0, 0.1) is 6.92 Å². The number of thiophene rings is 1. The number of carbonyl (C=O) groups is 1. The largest absolute Gasteiger partial charge is 0.493 e. The van der Waals surface area contributed by atoms with Crippen LogP contribution in [0.15, 0.2) is 54.0 Å². The number of aryl methyl sites for hydroxylation is 1. The van der Waals surface area contributed by atoms with Crippen LogP contribution >= 0.6 is 11.3 Å². The fourth-order valence-electron chi connectivity index (χ4n) is 4.00.